The second-order valence-corrected chi connectivity index (χ2v) is 4.68. The van der Waals surface area contributed by atoms with E-state index in [4.69, 9.17) is 16.3 Å². The van der Waals surface area contributed by atoms with Crippen LogP contribution < -0.4 is 10.1 Å². The van der Waals surface area contributed by atoms with Crippen LogP contribution in [0.5, 0.6) is 5.75 Å². The van der Waals surface area contributed by atoms with Gasteiger partial charge in [-0.25, -0.2) is 0 Å². The monoisotopic (exact) mass is 255 g/mol. The summed E-state index contributed by atoms with van der Waals surface area (Å²) >= 11 is 6.10. The fourth-order valence-electron chi connectivity index (χ4n) is 1.98. The molecule has 0 atom stereocenters. The molecule has 0 aromatic heterocycles. The van der Waals surface area contributed by atoms with Gasteiger partial charge in [0.1, 0.15) is 5.75 Å². The molecule has 1 N–H and O–H groups in total. The molecule has 0 saturated heterocycles. The van der Waals surface area contributed by atoms with Crippen LogP contribution in [0.4, 0.5) is 5.69 Å². The lowest BCUT2D eigenvalue weighted by Crippen LogP contribution is -2.18. The van der Waals surface area contributed by atoms with E-state index in [1.807, 2.05) is 18.2 Å². The summed E-state index contributed by atoms with van der Waals surface area (Å²) in [5.74, 6) is 0.722. The fourth-order valence-corrected chi connectivity index (χ4v) is 2.24. The molecule has 0 saturated carbocycles. The van der Waals surface area contributed by atoms with Gasteiger partial charge in [0.25, 0.3) is 0 Å². The average molecular weight is 256 g/mol. The minimum atomic E-state index is 0.537. The molecule has 0 aliphatic rings. The van der Waals surface area contributed by atoms with Crippen LogP contribution in [0.1, 0.15) is 39.5 Å². The highest BCUT2D eigenvalue weighted by atomic mass is 35.5. The van der Waals surface area contributed by atoms with E-state index in [2.05, 4.69) is 19.2 Å². The zero-order valence-electron chi connectivity index (χ0n) is 10.9. The number of rotatable bonds is 7. The third-order valence-electron chi connectivity index (χ3n) is 2.80. The van der Waals surface area contributed by atoms with Crippen LogP contribution in [-0.4, -0.2) is 13.2 Å². The van der Waals surface area contributed by atoms with Gasteiger partial charge in [0.2, 0.25) is 0 Å². The SMILES string of the molecule is CCCC(CCC)Nc1ccc(OC)c(Cl)c1. The number of methoxy groups -OCH3 is 1. The van der Waals surface area contributed by atoms with Crippen LogP contribution in [-0.2, 0) is 0 Å². The van der Waals surface area contributed by atoms with E-state index in [0.717, 1.165) is 11.4 Å². The Balaban J connectivity index is 2.68. The van der Waals surface area contributed by atoms with Crippen LogP contribution in [0.2, 0.25) is 5.02 Å². The first-order valence-corrected chi connectivity index (χ1v) is 6.69. The van der Waals surface area contributed by atoms with Crippen molar-refractivity contribution in [2.75, 3.05) is 12.4 Å². The van der Waals surface area contributed by atoms with Gasteiger partial charge in [-0.1, -0.05) is 38.3 Å². The van der Waals surface area contributed by atoms with Gasteiger partial charge in [-0.3, -0.25) is 0 Å². The molecule has 0 aliphatic heterocycles. The summed E-state index contributed by atoms with van der Waals surface area (Å²) in [5.41, 5.74) is 1.07. The van der Waals surface area contributed by atoms with Crippen LogP contribution >= 0.6 is 11.6 Å². The molecule has 3 heteroatoms. The zero-order valence-corrected chi connectivity index (χ0v) is 11.7. The van der Waals surface area contributed by atoms with E-state index in [1.165, 1.54) is 25.7 Å². The molecule has 0 aliphatic carbocycles. The standard InChI is InChI=1S/C14H22ClNO/c1-4-6-11(7-5-2)16-12-8-9-14(17-3)13(15)10-12/h8-11,16H,4-7H2,1-3H3. The van der Waals surface area contributed by atoms with Gasteiger partial charge in [-0.15, -0.1) is 0 Å². The molecular formula is C14H22ClNO. The number of anilines is 1. The summed E-state index contributed by atoms with van der Waals surface area (Å²) in [6, 6.07) is 6.39. The van der Waals surface area contributed by atoms with E-state index in [-0.39, 0.29) is 0 Å². The fraction of sp³-hybridized carbons (Fsp3) is 0.571. The number of benzene rings is 1. The molecule has 96 valence electrons. The van der Waals surface area contributed by atoms with Crippen molar-refractivity contribution in [2.45, 2.75) is 45.6 Å². The number of nitrogens with one attached hydrogen (secondary N) is 1. The lowest BCUT2D eigenvalue weighted by atomic mass is 10.1. The van der Waals surface area contributed by atoms with E-state index in [9.17, 15) is 0 Å². The summed E-state index contributed by atoms with van der Waals surface area (Å²) in [6.45, 7) is 4.43. The van der Waals surface area contributed by atoms with Gasteiger partial charge in [0.15, 0.2) is 0 Å². The molecule has 0 spiro atoms. The Morgan fingerprint density at radius 3 is 2.35 bits per heavy atom. The Labute approximate surface area is 109 Å². The molecular weight excluding hydrogens is 234 g/mol. The molecule has 1 rings (SSSR count). The van der Waals surface area contributed by atoms with Crippen LogP contribution in [0.25, 0.3) is 0 Å². The minimum absolute atomic E-state index is 0.537. The van der Waals surface area contributed by atoms with Crippen molar-refractivity contribution in [3.8, 4) is 5.75 Å². The topological polar surface area (TPSA) is 21.3 Å². The van der Waals surface area contributed by atoms with Gasteiger partial charge < -0.3 is 10.1 Å². The lowest BCUT2D eigenvalue weighted by Gasteiger charge is -2.19. The zero-order chi connectivity index (χ0) is 12.7. The second kappa shape index (κ2) is 7.44. The Kier molecular flexibility index (Phi) is 6.20. The summed E-state index contributed by atoms with van der Waals surface area (Å²) in [7, 11) is 1.63. The molecule has 17 heavy (non-hydrogen) atoms. The lowest BCUT2D eigenvalue weighted by molar-refractivity contribution is 0.415. The van der Waals surface area contributed by atoms with Crippen LogP contribution in [0.15, 0.2) is 18.2 Å². The van der Waals surface area contributed by atoms with Crippen LogP contribution in [0.3, 0.4) is 0 Å². The van der Waals surface area contributed by atoms with Gasteiger partial charge in [0, 0.05) is 11.7 Å². The number of halogens is 1. The van der Waals surface area contributed by atoms with Crippen molar-refractivity contribution in [2.24, 2.45) is 0 Å². The number of hydrogen-bond donors (Lipinski definition) is 1. The summed E-state index contributed by atoms with van der Waals surface area (Å²) in [5, 5.41) is 4.19. The van der Waals surface area contributed by atoms with E-state index in [0.29, 0.717) is 11.1 Å². The average Bonchev–Trinajstić information content (AvgIpc) is 2.30. The molecule has 0 unspecified atom stereocenters. The van der Waals surface area contributed by atoms with Crippen molar-refractivity contribution < 1.29 is 4.74 Å². The normalized spacial score (nSPS) is 10.6. The first-order valence-electron chi connectivity index (χ1n) is 6.31. The van der Waals surface area contributed by atoms with E-state index >= 15 is 0 Å². The quantitative estimate of drug-likeness (QED) is 0.761. The minimum Gasteiger partial charge on any atom is -0.495 e. The molecule has 1 aromatic carbocycles. The van der Waals surface area contributed by atoms with Crippen molar-refractivity contribution >= 4 is 17.3 Å². The highest BCUT2D eigenvalue weighted by Gasteiger charge is 2.08. The number of ether oxygens (including phenoxy) is 1. The maximum absolute atomic E-state index is 6.10. The van der Waals surface area contributed by atoms with E-state index < -0.39 is 0 Å². The number of hydrogen-bond acceptors (Lipinski definition) is 2. The highest BCUT2D eigenvalue weighted by molar-refractivity contribution is 6.32. The predicted octanol–water partition coefficient (Wildman–Crippen LogP) is 4.73. The van der Waals surface area contributed by atoms with Crippen LogP contribution in [0, 0.1) is 0 Å². The first-order chi connectivity index (χ1) is 8.21. The van der Waals surface area contributed by atoms with Gasteiger partial charge in [-0.05, 0) is 31.0 Å². The molecule has 0 heterocycles. The predicted molar refractivity (Wildman–Crippen MR) is 75.2 cm³/mol. The molecule has 0 fully saturated rings. The van der Waals surface area contributed by atoms with Crippen molar-refractivity contribution in [3.05, 3.63) is 23.2 Å². The van der Waals surface area contributed by atoms with Crippen molar-refractivity contribution in [1.82, 2.24) is 0 Å². The molecule has 0 bridgehead atoms. The van der Waals surface area contributed by atoms with Gasteiger partial charge in [-0.2, -0.15) is 0 Å². The summed E-state index contributed by atoms with van der Waals surface area (Å²) < 4.78 is 5.14. The highest BCUT2D eigenvalue weighted by Crippen LogP contribution is 2.28. The first kappa shape index (κ1) is 14.2. The largest absolute Gasteiger partial charge is 0.495 e. The summed E-state index contributed by atoms with van der Waals surface area (Å²) in [6.07, 6.45) is 4.78. The van der Waals surface area contributed by atoms with E-state index in [1.54, 1.807) is 7.11 Å². The molecule has 2 nitrogen and oxygen atoms in total. The summed E-state index contributed by atoms with van der Waals surface area (Å²) in [4.78, 5) is 0. The maximum Gasteiger partial charge on any atom is 0.137 e. The Morgan fingerprint density at radius 1 is 1.24 bits per heavy atom. The Morgan fingerprint density at radius 2 is 1.88 bits per heavy atom. The molecule has 1 aromatic rings. The Hall–Kier alpha value is -0.890. The smallest absolute Gasteiger partial charge is 0.137 e. The van der Waals surface area contributed by atoms with Crippen molar-refractivity contribution in [1.29, 1.82) is 0 Å². The third kappa shape index (κ3) is 4.47. The molecule has 0 amide bonds. The third-order valence-corrected chi connectivity index (χ3v) is 3.09. The Bertz CT molecular complexity index is 335. The van der Waals surface area contributed by atoms with Gasteiger partial charge in [0.05, 0.1) is 12.1 Å². The van der Waals surface area contributed by atoms with Crippen molar-refractivity contribution in [3.63, 3.8) is 0 Å². The second-order valence-electron chi connectivity index (χ2n) is 4.27. The molecule has 0 radical (unpaired) electrons. The van der Waals surface area contributed by atoms with Gasteiger partial charge >= 0.3 is 0 Å². The maximum atomic E-state index is 6.10.